The van der Waals surface area contributed by atoms with Gasteiger partial charge in [-0.15, -0.1) is 0 Å². The van der Waals surface area contributed by atoms with Crippen molar-refractivity contribution in [1.29, 1.82) is 0 Å². The molecule has 1 aliphatic heterocycles. The Morgan fingerprint density at radius 2 is 1.76 bits per heavy atom. The number of hydrogen-bond donors (Lipinski definition) is 1. The lowest BCUT2D eigenvalue weighted by Gasteiger charge is -2.39. The second-order valence-corrected chi connectivity index (χ2v) is 5.62. The molecule has 0 saturated carbocycles. The topological polar surface area (TPSA) is 26.7 Å². The average Bonchev–Trinajstić information content (AvgIpc) is 2.46. The largest absolute Gasteiger partial charge is 0.418 e. The van der Waals surface area contributed by atoms with Crippen LogP contribution in [0.1, 0.15) is 25.0 Å². The molecule has 0 aliphatic carbocycles. The number of nitrogens with zero attached hydrogens (tertiary/aromatic N) is 2. The Morgan fingerprint density at radius 1 is 1.14 bits per heavy atom. The van der Waals surface area contributed by atoms with Crippen LogP contribution in [0, 0.1) is 0 Å². The van der Waals surface area contributed by atoms with Crippen molar-refractivity contribution < 1.29 is 18.3 Å². The first kappa shape index (κ1) is 16.1. The summed E-state index contributed by atoms with van der Waals surface area (Å²) in [5.41, 5.74) is -0.165. The summed E-state index contributed by atoms with van der Waals surface area (Å²) in [6, 6.07) is 4.48. The van der Waals surface area contributed by atoms with Crippen LogP contribution in [0.15, 0.2) is 18.2 Å². The van der Waals surface area contributed by atoms with E-state index in [9.17, 15) is 13.2 Å². The smallest absolute Gasteiger partial charge is 0.392 e. The molecule has 1 aliphatic rings. The minimum Gasteiger partial charge on any atom is -0.392 e. The number of benzene rings is 1. The van der Waals surface area contributed by atoms with Gasteiger partial charge in [-0.25, -0.2) is 0 Å². The van der Waals surface area contributed by atoms with Gasteiger partial charge in [0.25, 0.3) is 0 Å². The van der Waals surface area contributed by atoms with Gasteiger partial charge in [0.05, 0.1) is 12.2 Å². The van der Waals surface area contributed by atoms with Crippen molar-refractivity contribution in [1.82, 2.24) is 4.90 Å². The number of halogens is 3. The van der Waals surface area contributed by atoms with E-state index in [1.165, 1.54) is 6.07 Å². The van der Waals surface area contributed by atoms with Gasteiger partial charge < -0.3 is 10.0 Å². The summed E-state index contributed by atoms with van der Waals surface area (Å²) in [5.74, 6) is 0. The molecule has 1 saturated heterocycles. The monoisotopic (exact) mass is 302 g/mol. The van der Waals surface area contributed by atoms with E-state index in [0.29, 0.717) is 19.1 Å². The van der Waals surface area contributed by atoms with E-state index in [-0.39, 0.29) is 17.9 Å². The fraction of sp³-hybridized carbons (Fsp3) is 0.600. The van der Waals surface area contributed by atoms with E-state index in [0.717, 1.165) is 19.2 Å². The maximum Gasteiger partial charge on any atom is 0.418 e. The Morgan fingerprint density at radius 3 is 2.24 bits per heavy atom. The SMILES string of the molecule is CC(C)N1CCN(c2ccc(CO)cc2C(F)(F)F)CC1. The summed E-state index contributed by atoms with van der Waals surface area (Å²) in [4.78, 5) is 4.04. The zero-order chi connectivity index (χ0) is 15.6. The predicted molar refractivity (Wildman–Crippen MR) is 76.3 cm³/mol. The minimum atomic E-state index is -4.41. The average molecular weight is 302 g/mol. The highest BCUT2D eigenvalue weighted by Gasteiger charge is 2.35. The molecular weight excluding hydrogens is 281 g/mol. The third-order valence-electron chi connectivity index (χ3n) is 3.93. The number of piperazine rings is 1. The second kappa shape index (κ2) is 6.23. The predicted octanol–water partition coefficient (Wildman–Crippen LogP) is 2.73. The van der Waals surface area contributed by atoms with Gasteiger partial charge in [-0.3, -0.25) is 4.90 Å². The van der Waals surface area contributed by atoms with Crippen LogP contribution in [0.4, 0.5) is 18.9 Å². The number of anilines is 1. The third-order valence-corrected chi connectivity index (χ3v) is 3.93. The zero-order valence-corrected chi connectivity index (χ0v) is 12.3. The highest BCUT2D eigenvalue weighted by atomic mass is 19.4. The molecular formula is C15H21F3N2O. The van der Waals surface area contributed by atoms with Gasteiger partial charge in [0.1, 0.15) is 0 Å². The molecule has 0 radical (unpaired) electrons. The van der Waals surface area contributed by atoms with Crippen LogP contribution in [0.5, 0.6) is 0 Å². The zero-order valence-electron chi connectivity index (χ0n) is 12.3. The molecule has 2 rings (SSSR count). The third kappa shape index (κ3) is 3.68. The fourth-order valence-corrected chi connectivity index (χ4v) is 2.66. The molecule has 3 nitrogen and oxygen atoms in total. The molecule has 21 heavy (non-hydrogen) atoms. The quantitative estimate of drug-likeness (QED) is 0.930. The number of aliphatic hydroxyl groups excluding tert-OH is 1. The Bertz CT molecular complexity index is 480. The first-order chi connectivity index (χ1) is 9.82. The maximum absolute atomic E-state index is 13.2. The van der Waals surface area contributed by atoms with Crippen LogP contribution in [0.25, 0.3) is 0 Å². The lowest BCUT2D eigenvalue weighted by Crippen LogP contribution is -2.49. The van der Waals surface area contributed by atoms with E-state index in [2.05, 4.69) is 18.7 Å². The van der Waals surface area contributed by atoms with Crippen molar-refractivity contribution in [3.8, 4) is 0 Å². The molecule has 118 valence electrons. The van der Waals surface area contributed by atoms with Crippen LogP contribution >= 0.6 is 0 Å². The Kier molecular flexibility index (Phi) is 4.78. The molecule has 1 heterocycles. The molecule has 0 unspecified atom stereocenters. The van der Waals surface area contributed by atoms with Crippen molar-refractivity contribution in [2.24, 2.45) is 0 Å². The van der Waals surface area contributed by atoms with Gasteiger partial charge in [-0.1, -0.05) is 6.07 Å². The van der Waals surface area contributed by atoms with Gasteiger partial charge in [0, 0.05) is 37.9 Å². The summed E-state index contributed by atoms with van der Waals surface area (Å²) in [6.07, 6.45) is -4.41. The lowest BCUT2D eigenvalue weighted by atomic mass is 10.1. The van der Waals surface area contributed by atoms with Crippen LogP contribution in [0.3, 0.4) is 0 Å². The van der Waals surface area contributed by atoms with Crippen molar-refractivity contribution >= 4 is 5.69 Å². The Balaban J connectivity index is 2.24. The van der Waals surface area contributed by atoms with E-state index < -0.39 is 11.7 Å². The Hall–Kier alpha value is -1.27. The summed E-state index contributed by atoms with van der Waals surface area (Å²) >= 11 is 0. The van der Waals surface area contributed by atoms with E-state index in [1.807, 2.05) is 0 Å². The normalized spacial score (nSPS) is 17.6. The molecule has 0 spiro atoms. The number of alkyl halides is 3. The van der Waals surface area contributed by atoms with E-state index in [4.69, 9.17) is 5.11 Å². The molecule has 1 aromatic carbocycles. The van der Waals surface area contributed by atoms with Crippen LogP contribution in [-0.4, -0.2) is 42.2 Å². The second-order valence-electron chi connectivity index (χ2n) is 5.62. The molecule has 0 bridgehead atoms. The van der Waals surface area contributed by atoms with Crippen LogP contribution < -0.4 is 4.90 Å². The van der Waals surface area contributed by atoms with Crippen molar-refractivity contribution in [3.05, 3.63) is 29.3 Å². The summed E-state index contributed by atoms with van der Waals surface area (Å²) < 4.78 is 39.6. The minimum absolute atomic E-state index is 0.211. The van der Waals surface area contributed by atoms with Gasteiger partial charge in [0.2, 0.25) is 0 Å². The first-order valence-corrected chi connectivity index (χ1v) is 7.13. The highest BCUT2D eigenvalue weighted by Crippen LogP contribution is 2.37. The fourth-order valence-electron chi connectivity index (χ4n) is 2.66. The van der Waals surface area contributed by atoms with Gasteiger partial charge in [-0.05, 0) is 31.5 Å². The first-order valence-electron chi connectivity index (χ1n) is 7.13. The van der Waals surface area contributed by atoms with Gasteiger partial charge in [0.15, 0.2) is 0 Å². The van der Waals surface area contributed by atoms with Crippen molar-refractivity contribution in [2.45, 2.75) is 32.7 Å². The Labute approximate surface area is 123 Å². The number of hydrogen-bond acceptors (Lipinski definition) is 3. The van der Waals surface area contributed by atoms with E-state index in [1.54, 1.807) is 11.0 Å². The molecule has 6 heteroatoms. The molecule has 1 N–H and O–H groups in total. The highest BCUT2D eigenvalue weighted by molar-refractivity contribution is 5.56. The summed E-state index contributed by atoms with van der Waals surface area (Å²) in [6.45, 7) is 6.48. The summed E-state index contributed by atoms with van der Waals surface area (Å²) in [7, 11) is 0. The molecule has 1 aromatic rings. The molecule has 0 atom stereocenters. The number of aliphatic hydroxyl groups is 1. The molecule has 0 aromatic heterocycles. The van der Waals surface area contributed by atoms with E-state index >= 15 is 0 Å². The van der Waals surface area contributed by atoms with Crippen molar-refractivity contribution in [2.75, 3.05) is 31.1 Å². The summed E-state index contributed by atoms with van der Waals surface area (Å²) in [5, 5.41) is 9.04. The van der Waals surface area contributed by atoms with Gasteiger partial charge in [-0.2, -0.15) is 13.2 Å². The number of rotatable bonds is 3. The molecule has 1 fully saturated rings. The standard InChI is InChI=1S/C15H21F3N2O/c1-11(2)19-5-7-20(8-6-19)14-4-3-12(10-21)9-13(14)15(16,17)18/h3-4,9,11,21H,5-8,10H2,1-2H3. The van der Waals surface area contributed by atoms with Crippen molar-refractivity contribution in [3.63, 3.8) is 0 Å². The van der Waals surface area contributed by atoms with Gasteiger partial charge >= 0.3 is 6.18 Å². The van der Waals surface area contributed by atoms with Crippen LogP contribution in [0.2, 0.25) is 0 Å². The lowest BCUT2D eigenvalue weighted by molar-refractivity contribution is -0.137. The maximum atomic E-state index is 13.2. The van der Waals surface area contributed by atoms with Crippen LogP contribution in [-0.2, 0) is 12.8 Å². The molecule has 0 amide bonds.